The maximum atomic E-state index is 10.1. The third-order valence-electron chi connectivity index (χ3n) is 10.4. The summed E-state index contributed by atoms with van der Waals surface area (Å²) in [6, 6.07) is 3.90. The average Bonchev–Trinajstić information content (AvgIpc) is 2.77. The number of aliphatic hydroxyl groups is 1. The topological polar surface area (TPSA) is 35.5 Å². The molecule has 172 valence electrons. The van der Waals surface area contributed by atoms with Crippen LogP contribution in [0.3, 0.4) is 0 Å². The summed E-state index contributed by atoms with van der Waals surface area (Å²) in [4.78, 5) is 3.07. The molecule has 3 nitrogen and oxygen atoms in total. The van der Waals surface area contributed by atoms with E-state index in [-0.39, 0.29) is 6.10 Å². The Hall–Kier alpha value is -0.120. The van der Waals surface area contributed by atoms with Gasteiger partial charge in [-0.05, 0) is 87.9 Å². The lowest BCUT2D eigenvalue weighted by atomic mass is 9.54. The first-order valence-electron chi connectivity index (χ1n) is 13.8. The third-order valence-corrected chi connectivity index (χ3v) is 10.4. The molecule has 1 saturated heterocycles. The second-order valence-electron chi connectivity index (χ2n) is 12.4. The van der Waals surface area contributed by atoms with Crippen molar-refractivity contribution in [3.05, 3.63) is 0 Å². The summed E-state index contributed by atoms with van der Waals surface area (Å²) in [7, 11) is 0. The predicted octanol–water partition coefficient (Wildman–Crippen LogP) is 5.65. The predicted molar refractivity (Wildman–Crippen MR) is 125 cm³/mol. The van der Waals surface area contributed by atoms with Gasteiger partial charge in [0.2, 0.25) is 0 Å². The highest BCUT2D eigenvalue weighted by Crippen LogP contribution is 2.53. The van der Waals surface area contributed by atoms with Crippen molar-refractivity contribution in [1.82, 2.24) is 10.2 Å². The molecule has 2 N–H and O–H groups in total. The standard InChI is InChI=1S/C27H48N2O/c1-27(2)23-10-6-7-11-25(23)28-26-17-14-21(18-24(26)27)29(19-8-4-3-5-9-19)20-12-15-22(30)16-13-20/h19-26,28,30H,3-18H2,1-2H3. The quantitative estimate of drug-likeness (QED) is 0.624. The summed E-state index contributed by atoms with van der Waals surface area (Å²) in [5.74, 6) is 1.73. The van der Waals surface area contributed by atoms with Crippen molar-refractivity contribution in [3.8, 4) is 0 Å². The van der Waals surface area contributed by atoms with E-state index >= 15 is 0 Å². The van der Waals surface area contributed by atoms with E-state index in [0.29, 0.717) is 5.41 Å². The van der Waals surface area contributed by atoms with Gasteiger partial charge in [-0.1, -0.05) is 46.0 Å². The van der Waals surface area contributed by atoms with Crippen molar-refractivity contribution < 1.29 is 5.11 Å². The number of nitrogens with one attached hydrogen (secondary N) is 1. The van der Waals surface area contributed by atoms with Gasteiger partial charge < -0.3 is 10.4 Å². The largest absolute Gasteiger partial charge is 0.393 e. The Labute approximate surface area is 185 Å². The monoisotopic (exact) mass is 416 g/mol. The minimum absolute atomic E-state index is 0.0325. The smallest absolute Gasteiger partial charge is 0.0541 e. The molecule has 0 spiro atoms. The minimum Gasteiger partial charge on any atom is -0.393 e. The van der Waals surface area contributed by atoms with Gasteiger partial charge in [-0.3, -0.25) is 4.90 Å². The summed E-state index contributed by atoms with van der Waals surface area (Å²) >= 11 is 0. The minimum atomic E-state index is -0.0325. The average molecular weight is 417 g/mol. The molecule has 0 radical (unpaired) electrons. The molecule has 4 saturated carbocycles. The second kappa shape index (κ2) is 9.02. The first-order valence-corrected chi connectivity index (χ1v) is 13.8. The van der Waals surface area contributed by atoms with E-state index in [1.807, 2.05) is 0 Å². The summed E-state index contributed by atoms with van der Waals surface area (Å²) in [5, 5.41) is 14.3. The number of piperidine rings is 1. The fourth-order valence-electron chi connectivity index (χ4n) is 8.84. The zero-order valence-corrected chi connectivity index (χ0v) is 19.8. The van der Waals surface area contributed by atoms with Crippen LogP contribution in [-0.2, 0) is 0 Å². The highest BCUT2D eigenvalue weighted by atomic mass is 16.3. The number of hydrogen-bond acceptors (Lipinski definition) is 3. The molecule has 30 heavy (non-hydrogen) atoms. The van der Waals surface area contributed by atoms with Gasteiger partial charge in [0.05, 0.1) is 6.10 Å². The molecule has 5 unspecified atom stereocenters. The molecule has 0 aromatic heterocycles. The van der Waals surface area contributed by atoms with Crippen LogP contribution in [0.15, 0.2) is 0 Å². The molecule has 0 aromatic carbocycles. The SMILES string of the molecule is CC1(C)C2CCCCC2NC2CCC(N(C3CCCCC3)C3CCC(O)CC3)CC21. The van der Waals surface area contributed by atoms with Crippen LogP contribution < -0.4 is 5.32 Å². The van der Waals surface area contributed by atoms with E-state index in [0.717, 1.165) is 54.9 Å². The summed E-state index contributed by atoms with van der Waals surface area (Å²) in [5.41, 5.74) is 0.487. The van der Waals surface area contributed by atoms with Crippen molar-refractivity contribution in [2.24, 2.45) is 17.3 Å². The van der Waals surface area contributed by atoms with Gasteiger partial charge in [0.15, 0.2) is 0 Å². The Morgan fingerprint density at radius 3 is 2.00 bits per heavy atom. The van der Waals surface area contributed by atoms with Crippen LogP contribution in [0.2, 0.25) is 0 Å². The number of rotatable bonds is 3. The second-order valence-corrected chi connectivity index (χ2v) is 12.4. The fraction of sp³-hybridized carbons (Fsp3) is 1.00. The van der Waals surface area contributed by atoms with Crippen LogP contribution in [0.1, 0.15) is 117 Å². The molecule has 5 atom stereocenters. The fourth-order valence-corrected chi connectivity index (χ4v) is 8.84. The first kappa shape index (κ1) is 21.7. The molecular weight excluding hydrogens is 368 g/mol. The Morgan fingerprint density at radius 2 is 1.23 bits per heavy atom. The van der Waals surface area contributed by atoms with Crippen LogP contribution in [0.25, 0.3) is 0 Å². The van der Waals surface area contributed by atoms with Crippen molar-refractivity contribution in [2.75, 3.05) is 0 Å². The Bertz CT molecular complexity index is 563. The van der Waals surface area contributed by atoms with Crippen molar-refractivity contribution in [2.45, 2.75) is 153 Å². The maximum Gasteiger partial charge on any atom is 0.0541 e. The Balaban J connectivity index is 1.35. The van der Waals surface area contributed by atoms with Crippen LogP contribution in [0.5, 0.6) is 0 Å². The van der Waals surface area contributed by atoms with Crippen molar-refractivity contribution in [1.29, 1.82) is 0 Å². The highest BCUT2D eigenvalue weighted by molar-refractivity contribution is 5.07. The molecule has 0 aromatic rings. The molecule has 5 fully saturated rings. The maximum absolute atomic E-state index is 10.1. The number of hydrogen-bond donors (Lipinski definition) is 2. The highest BCUT2D eigenvalue weighted by Gasteiger charge is 2.52. The lowest BCUT2D eigenvalue weighted by Crippen LogP contribution is -2.65. The van der Waals surface area contributed by atoms with Crippen molar-refractivity contribution >= 4 is 0 Å². The summed E-state index contributed by atoms with van der Waals surface area (Å²) in [6.07, 6.45) is 21.6. The molecule has 0 amide bonds. The zero-order valence-electron chi connectivity index (χ0n) is 19.8. The molecule has 5 rings (SSSR count). The van der Waals surface area contributed by atoms with Gasteiger partial charge in [0, 0.05) is 30.2 Å². The van der Waals surface area contributed by atoms with Gasteiger partial charge in [0.1, 0.15) is 0 Å². The van der Waals surface area contributed by atoms with E-state index in [1.165, 1.54) is 89.9 Å². The van der Waals surface area contributed by atoms with Crippen LogP contribution >= 0.6 is 0 Å². The van der Waals surface area contributed by atoms with Gasteiger partial charge >= 0.3 is 0 Å². The van der Waals surface area contributed by atoms with Crippen LogP contribution in [0.4, 0.5) is 0 Å². The molecule has 5 aliphatic rings. The summed E-state index contributed by atoms with van der Waals surface area (Å²) in [6.45, 7) is 5.28. The Kier molecular flexibility index (Phi) is 6.53. The van der Waals surface area contributed by atoms with Crippen LogP contribution in [0, 0.1) is 17.3 Å². The number of nitrogens with zero attached hydrogens (tertiary/aromatic N) is 1. The van der Waals surface area contributed by atoms with Gasteiger partial charge in [-0.25, -0.2) is 0 Å². The van der Waals surface area contributed by atoms with E-state index < -0.39 is 0 Å². The van der Waals surface area contributed by atoms with Gasteiger partial charge in [-0.2, -0.15) is 0 Å². The van der Waals surface area contributed by atoms with Crippen molar-refractivity contribution in [3.63, 3.8) is 0 Å². The molecule has 1 heterocycles. The van der Waals surface area contributed by atoms with E-state index in [2.05, 4.69) is 24.1 Å². The van der Waals surface area contributed by atoms with Crippen LogP contribution in [-0.4, -0.2) is 46.3 Å². The number of fused-ring (bicyclic) bond motifs is 2. The normalized spacial score (nSPS) is 45.0. The van der Waals surface area contributed by atoms with E-state index in [1.54, 1.807) is 0 Å². The Morgan fingerprint density at radius 1 is 0.633 bits per heavy atom. The zero-order chi connectivity index (χ0) is 20.7. The van der Waals surface area contributed by atoms with Gasteiger partial charge in [-0.15, -0.1) is 0 Å². The lowest BCUT2D eigenvalue weighted by molar-refractivity contribution is -0.0728. The lowest BCUT2D eigenvalue weighted by Gasteiger charge is -2.59. The third kappa shape index (κ3) is 4.13. The molecule has 4 aliphatic carbocycles. The molecule has 1 aliphatic heterocycles. The molecule has 3 heteroatoms. The first-order chi connectivity index (χ1) is 14.5. The van der Waals surface area contributed by atoms with Gasteiger partial charge in [0.25, 0.3) is 0 Å². The van der Waals surface area contributed by atoms with E-state index in [9.17, 15) is 5.11 Å². The molecule has 0 bridgehead atoms. The molecular formula is C27H48N2O. The summed E-state index contributed by atoms with van der Waals surface area (Å²) < 4.78 is 0. The number of aliphatic hydroxyl groups excluding tert-OH is 1. The van der Waals surface area contributed by atoms with E-state index in [4.69, 9.17) is 0 Å².